The van der Waals surface area contributed by atoms with E-state index in [1.165, 1.54) is 12.3 Å². The third-order valence-electron chi connectivity index (χ3n) is 4.28. The largest absolute Gasteiger partial charge is 0.459 e. The molecule has 30 heavy (non-hydrogen) atoms. The van der Waals surface area contributed by atoms with Gasteiger partial charge in [-0.25, -0.2) is 0 Å². The molecule has 0 fully saturated rings. The fraction of sp³-hybridized carbons (Fsp3) is 0. The van der Waals surface area contributed by atoms with E-state index in [1.807, 2.05) is 24.3 Å². The number of rotatable bonds is 6. The number of furan rings is 2. The Morgan fingerprint density at radius 3 is 2.60 bits per heavy atom. The van der Waals surface area contributed by atoms with Crippen LogP contribution in [0.3, 0.4) is 0 Å². The van der Waals surface area contributed by atoms with Gasteiger partial charge < -0.3 is 14.2 Å². The number of carbonyl (C=O) groups is 2. The van der Waals surface area contributed by atoms with Crippen molar-refractivity contribution in [2.75, 3.05) is 5.32 Å². The molecule has 0 aliphatic heterocycles. The van der Waals surface area contributed by atoms with Crippen LogP contribution in [-0.4, -0.2) is 11.7 Å². The highest BCUT2D eigenvalue weighted by atomic mass is 35.5. The van der Waals surface area contributed by atoms with Crippen LogP contribution in [0.1, 0.15) is 26.7 Å². The zero-order valence-electron chi connectivity index (χ0n) is 15.7. The fourth-order valence-corrected chi connectivity index (χ4v) is 3.03. The molecule has 0 bridgehead atoms. The molecule has 1 amide bonds. The topological polar surface area (TPSA) is 72.5 Å². The molecule has 0 radical (unpaired) electrons. The van der Waals surface area contributed by atoms with Gasteiger partial charge in [0.1, 0.15) is 11.5 Å². The first-order valence-corrected chi connectivity index (χ1v) is 9.49. The number of benzene rings is 2. The minimum absolute atomic E-state index is 0.194. The van der Waals surface area contributed by atoms with Crippen molar-refractivity contribution in [2.24, 2.45) is 0 Å². The van der Waals surface area contributed by atoms with Crippen LogP contribution < -0.4 is 5.32 Å². The third-order valence-corrected chi connectivity index (χ3v) is 4.52. The smallest absolute Gasteiger partial charge is 0.291 e. The number of carbonyl (C=O) groups excluding carboxylic acids is 2. The molecular formula is C24H16ClNO4. The molecule has 0 atom stereocenters. The number of halogens is 1. The monoisotopic (exact) mass is 417 g/mol. The molecule has 2 aromatic heterocycles. The average molecular weight is 418 g/mol. The first-order valence-electron chi connectivity index (χ1n) is 9.11. The van der Waals surface area contributed by atoms with Crippen LogP contribution in [0.5, 0.6) is 0 Å². The van der Waals surface area contributed by atoms with Gasteiger partial charge in [-0.15, -0.1) is 0 Å². The molecule has 0 saturated heterocycles. The van der Waals surface area contributed by atoms with Crippen LogP contribution in [0.4, 0.5) is 5.69 Å². The first kappa shape index (κ1) is 19.5. The van der Waals surface area contributed by atoms with E-state index < -0.39 is 0 Å². The van der Waals surface area contributed by atoms with E-state index in [0.717, 1.165) is 5.56 Å². The highest BCUT2D eigenvalue weighted by Gasteiger charge is 2.10. The van der Waals surface area contributed by atoms with E-state index in [0.29, 0.717) is 27.8 Å². The van der Waals surface area contributed by atoms with Gasteiger partial charge in [0, 0.05) is 21.8 Å². The Balaban J connectivity index is 1.45. The van der Waals surface area contributed by atoms with Gasteiger partial charge >= 0.3 is 0 Å². The second kappa shape index (κ2) is 8.68. The molecule has 2 aromatic carbocycles. The van der Waals surface area contributed by atoms with E-state index >= 15 is 0 Å². The van der Waals surface area contributed by atoms with E-state index in [9.17, 15) is 9.59 Å². The van der Waals surface area contributed by atoms with E-state index in [2.05, 4.69) is 5.32 Å². The summed E-state index contributed by atoms with van der Waals surface area (Å²) in [6.07, 6.45) is 4.45. The number of hydrogen-bond acceptors (Lipinski definition) is 4. The predicted octanol–water partition coefficient (Wildman–Crippen LogP) is 6.34. The molecule has 1 N–H and O–H groups in total. The van der Waals surface area contributed by atoms with E-state index in [1.54, 1.807) is 54.6 Å². The van der Waals surface area contributed by atoms with Gasteiger partial charge in [0.05, 0.1) is 6.26 Å². The summed E-state index contributed by atoms with van der Waals surface area (Å²) in [6, 6.07) is 20.8. The number of anilines is 1. The Morgan fingerprint density at radius 1 is 0.933 bits per heavy atom. The lowest BCUT2D eigenvalue weighted by Crippen LogP contribution is -2.11. The Kier molecular flexibility index (Phi) is 5.63. The predicted molar refractivity (Wildman–Crippen MR) is 116 cm³/mol. The summed E-state index contributed by atoms with van der Waals surface area (Å²) < 4.78 is 10.8. The van der Waals surface area contributed by atoms with Crippen molar-refractivity contribution < 1.29 is 18.4 Å². The molecule has 148 valence electrons. The van der Waals surface area contributed by atoms with Crippen molar-refractivity contribution >= 4 is 35.1 Å². The van der Waals surface area contributed by atoms with Crippen molar-refractivity contribution in [2.45, 2.75) is 0 Å². The van der Waals surface area contributed by atoms with Gasteiger partial charge in [-0.1, -0.05) is 35.9 Å². The summed E-state index contributed by atoms with van der Waals surface area (Å²) in [6.45, 7) is 0. The number of amides is 1. The zero-order valence-corrected chi connectivity index (χ0v) is 16.4. The van der Waals surface area contributed by atoms with Crippen LogP contribution in [0.15, 0.2) is 94.0 Å². The molecule has 4 rings (SSSR count). The highest BCUT2D eigenvalue weighted by molar-refractivity contribution is 6.30. The normalized spacial score (nSPS) is 11.0. The highest BCUT2D eigenvalue weighted by Crippen LogP contribution is 2.25. The third kappa shape index (κ3) is 4.59. The van der Waals surface area contributed by atoms with Crippen molar-refractivity contribution in [3.63, 3.8) is 0 Å². The van der Waals surface area contributed by atoms with Gasteiger partial charge in [0.2, 0.25) is 0 Å². The summed E-state index contributed by atoms with van der Waals surface area (Å²) in [4.78, 5) is 24.6. The number of allylic oxidation sites excluding steroid dienone is 1. The summed E-state index contributed by atoms with van der Waals surface area (Å²) in [5.41, 5.74) is 1.79. The number of hydrogen-bond donors (Lipinski definition) is 1. The average Bonchev–Trinajstić information content (AvgIpc) is 3.44. The summed E-state index contributed by atoms with van der Waals surface area (Å²) in [5.74, 6) is 0.793. The molecule has 0 unspecified atom stereocenters. The zero-order chi connectivity index (χ0) is 20.9. The molecule has 0 saturated carbocycles. The molecule has 2 heterocycles. The van der Waals surface area contributed by atoms with Gasteiger partial charge in [-0.3, -0.25) is 9.59 Å². The maximum atomic E-state index is 12.5. The van der Waals surface area contributed by atoms with Crippen LogP contribution in [0, 0.1) is 0 Å². The Labute approximate surface area is 177 Å². The van der Waals surface area contributed by atoms with Crippen molar-refractivity contribution in [3.8, 4) is 11.3 Å². The minimum atomic E-state index is -0.385. The van der Waals surface area contributed by atoms with Crippen LogP contribution in [-0.2, 0) is 0 Å². The second-order valence-corrected chi connectivity index (χ2v) is 6.86. The van der Waals surface area contributed by atoms with Crippen LogP contribution in [0.2, 0.25) is 5.02 Å². The molecule has 6 heteroatoms. The lowest BCUT2D eigenvalue weighted by molar-refractivity contribution is 0.0994. The number of ketones is 1. The molecule has 4 aromatic rings. The maximum absolute atomic E-state index is 12.5. The van der Waals surface area contributed by atoms with Crippen molar-refractivity contribution in [3.05, 3.63) is 107 Å². The maximum Gasteiger partial charge on any atom is 0.291 e. The Morgan fingerprint density at radius 2 is 1.80 bits per heavy atom. The molecule has 0 aliphatic carbocycles. The molecule has 0 spiro atoms. The van der Waals surface area contributed by atoms with Gasteiger partial charge in [0.15, 0.2) is 11.5 Å². The van der Waals surface area contributed by atoms with Gasteiger partial charge in [-0.05, 0) is 60.7 Å². The summed E-state index contributed by atoms with van der Waals surface area (Å²) in [7, 11) is 0. The Bertz CT molecular complexity index is 1220. The summed E-state index contributed by atoms with van der Waals surface area (Å²) in [5, 5.41) is 3.32. The van der Waals surface area contributed by atoms with Crippen LogP contribution >= 0.6 is 11.6 Å². The van der Waals surface area contributed by atoms with Crippen LogP contribution in [0.25, 0.3) is 17.4 Å². The standard InChI is InChI=1S/C24H16ClNO4/c25-18-6-1-5-17(14-18)22-12-10-20(30-22)9-11-21(27)16-4-2-7-19(15-16)26-24(28)23-8-3-13-29-23/h1-15H,(H,26,28)/b11-9+. The van der Waals surface area contributed by atoms with Gasteiger partial charge in [-0.2, -0.15) is 0 Å². The first-order chi connectivity index (χ1) is 14.6. The van der Waals surface area contributed by atoms with Crippen molar-refractivity contribution in [1.29, 1.82) is 0 Å². The van der Waals surface area contributed by atoms with E-state index in [-0.39, 0.29) is 17.5 Å². The van der Waals surface area contributed by atoms with Crippen molar-refractivity contribution in [1.82, 2.24) is 0 Å². The SMILES string of the molecule is O=C(/C=C/c1ccc(-c2cccc(Cl)c2)o1)c1cccc(NC(=O)c2ccco2)c1. The Hall–Kier alpha value is -3.83. The quantitative estimate of drug-likeness (QED) is 0.293. The fourth-order valence-electron chi connectivity index (χ4n) is 2.84. The molecule has 0 aliphatic rings. The second-order valence-electron chi connectivity index (χ2n) is 6.42. The van der Waals surface area contributed by atoms with Gasteiger partial charge in [0.25, 0.3) is 5.91 Å². The minimum Gasteiger partial charge on any atom is -0.459 e. The lowest BCUT2D eigenvalue weighted by atomic mass is 10.1. The number of nitrogens with one attached hydrogen (secondary N) is 1. The van der Waals surface area contributed by atoms with E-state index in [4.69, 9.17) is 20.4 Å². The lowest BCUT2D eigenvalue weighted by Gasteiger charge is -2.04. The summed E-state index contributed by atoms with van der Waals surface area (Å²) >= 11 is 6.01. The molecule has 5 nitrogen and oxygen atoms in total. The molecular weight excluding hydrogens is 402 g/mol.